The van der Waals surface area contributed by atoms with Crippen LogP contribution in [0.3, 0.4) is 0 Å². The van der Waals surface area contributed by atoms with Crippen molar-refractivity contribution in [1.82, 2.24) is 15.5 Å². The van der Waals surface area contributed by atoms with Crippen molar-refractivity contribution in [3.05, 3.63) is 35.9 Å². The number of hydrogen-bond donors (Lipinski definition) is 2. The van der Waals surface area contributed by atoms with Crippen molar-refractivity contribution in [2.24, 2.45) is 5.92 Å². The van der Waals surface area contributed by atoms with Crippen LogP contribution in [0.5, 0.6) is 0 Å². The molecule has 1 aliphatic heterocycles. The van der Waals surface area contributed by atoms with Crippen molar-refractivity contribution >= 4 is 17.8 Å². The lowest BCUT2D eigenvalue weighted by Gasteiger charge is -2.25. The Labute approximate surface area is 154 Å². The van der Waals surface area contributed by atoms with Crippen LogP contribution in [0.2, 0.25) is 0 Å². The standard InChI is InChI=1S/C20H27N3O3/c1-2-20(16-11-7-4-8-12-16)18(25)23(19(26)22-20)14-17(24)21-13-15-9-5-3-6-10-15/h4,7-8,11-12,15H,2-3,5-6,9-10,13-14H2,1H3,(H,21,24)(H,22,26). The highest BCUT2D eigenvalue weighted by Crippen LogP contribution is 2.32. The van der Waals surface area contributed by atoms with Crippen molar-refractivity contribution in [2.75, 3.05) is 13.1 Å². The molecule has 1 saturated carbocycles. The van der Waals surface area contributed by atoms with Crippen LogP contribution < -0.4 is 10.6 Å². The molecule has 0 aromatic heterocycles. The van der Waals surface area contributed by atoms with E-state index in [4.69, 9.17) is 0 Å². The van der Waals surface area contributed by atoms with Crippen molar-refractivity contribution in [2.45, 2.75) is 51.0 Å². The van der Waals surface area contributed by atoms with Gasteiger partial charge >= 0.3 is 6.03 Å². The van der Waals surface area contributed by atoms with Gasteiger partial charge in [0.1, 0.15) is 12.1 Å². The summed E-state index contributed by atoms with van der Waals surface area (Å²) in [4.78, 5) is 38.7. The van der Waals surface area contributed by atoms with Gasteiger partial charge in [0.2, 0.25) is 5.91 Å². The zero-order chi connectivity index (χ0) is 18.6. The first-order valence-corrected chi connectivity index (χ1v) is 9.53. The highest BCUT2D eigenvalue weighted by atomic mass is 16.2. The molecule has 1 aliphatic carbocycles. The molecule has 1 saturated heterocycles. The second-order valence-electron chi connectivity index (χ2n) is 7.25. The van der Waals surface area contributed by atoms with Crippen LogP contribution in [0, 0.1) is 5.92 Å². The van der Waals surface area contributed by atoms with Crippen LogP contribution in [0.25, 0.3) is 0 Å². The fourth-order valence-corrected chi connectivity index (χ4v) is 3.98. The lowest BCUT2D eigenvalue weighted by molar-refractivity contribution is -0.135. The number of carbonyl (C=O) groups excluding carboxylic acids is 3. The number of nitrogens with one attached hydrogen (secondary N) is 2. The van der Waals surface area contributed by atoms with Gasteiger partial charge in [-0.1, -0.05) is 56.5 Å². The van der Waals surface area contributed by atoms with Gasteiger partial charge in [-0.05, 0) is 30.7 Å². The molecule has 0 bridgehead atoms. The number of imide groups is 1. The Balaban J connectivity index is 1.64. The number of hydrogen-bond acceptors (Lipinski definition) is 3. The first kappa shape index (κ1) is 18.4. The molecule has 2 aliphatic rings. The van der Waals surface area contributed by atoms with Gasteiger partial charge in [0.25, 0.3) is 5.91 Å². The molecule has 0 spiro atoms. The maximum Gasteiger partial charge on any atom is 0.325 e. The zero-order valence-electron chi connectivity index (χ0n) is 15.3. The van der Waals surface area contributed by atoms with Crippen molar-refractivity contribution in [3.63, 3.8) is 0 Å². The third-order valence-corrected chi connectivity index (χ3v) is 5.59. The third kappa shape index (κ3) is 3.59. The summed E-state index contributed by atoms with van der Waals surface area (Å²) in [6, 6.07) is 8.69. The molecule has 2 N–H and O–H groups in total. The fraction of sp³-hybridized carbons (Fsp3) is 0.550. The molecule has 3 rings (SSSR count). The number of carbonyl (C=O) groups is 3. The maximum atomic E-state index is 13.0. The Morgan fingerprint density at radius 1 is 1.19 bits per heavy atom. The summed E-state index contributed by atoms with van der Waals surface area (Å²) in [7, 11) is 0. The predicted molar refractivity (Wildman–Crippen MR) is 98.2 cm³/mol. The molecule has 1 unspecified atom stereocenters. The highest BCUT2D eigenvalue weighted by Gasteiger charge is 2.51. The highest BCUT2D eigenvalue weighted by molar-refractivity contribution is 6.09. The molecule has 1 atom stereocenters. The molecular formula is C20H27N3O3. The molecule has 140 valence electrons. The molecule has 6 nitrogen and oxygen atoms in total. The molecule has 1 aromatic carbocycles. The van der Waals surface area contributed by atoms with E-state index in [9.17, 15) is 14.4 Å². The Kier molecular flexibility index (Phi) is 5.59. The Morgan fingerprint density at radius 3 is 2.54 bits per heavy atom. The first-order chi connectivity index (χ1) is 12.6. The first-order valence-electron chi connectivity index (χ1n) is 9.53. The second-order valence-corrected chi connectivity index (χ2v) is 7.25. The lowest BCUT2D eigenvalue weighted by atomic mass is 9.87. The monoisotopic (exact) mass is 357 g/mol. The predicted octanol–water partition coefficient (Wildman–Crippen LogP) is 2.54. The van der Waals surface area contributed by atoms with E-state index in [1.807, 2.05) is 37.3 Å². The van der Waals surface area contributed by atoms with Crippen LogP contribution in [0.1, 0.15) is 51.0 Å². The fourth-order valence-electron chi connectivity index (χ4n) is 3.98. The Bertz CT molecular complexity index is 670. The van der Waals surface area contributed by atoms with Gasteiger partial charge in [-0.3, -0.25) is 14.5 Å². The molecule has 6 heteroatoms. The summed E-state index contributed by atoms with van der Waals surface area (Å²) >= 11 is 0. The second kappa shape index (κ2) is 7.89. The molecule has 26 heavy (non-hydrogen) atoms. The minimum atomic E-state index is -1.08. The maximum absolute atomic E-state index is 13.0. The molecule has 0 radical (unpaired) electrons. The molecule has 4 amide bonds. The average Bonchev–Trinajstić information content (AvgIpc) is 2.93. The Morgan fingerprint density at radius 2 is 1.88 bits per heavy atom. The summed E-state index contributed by atoms with van der Waals surface area (Å²) < 4.78 is 0. The van der Waals surface area contributed by atoms with Gasteiger partial charge in [0.15, 0.2) is 0 Å². The normalized spacial score (nSPS) is 23.8. The average molecular weight is 357 g/mol. The van der Waals surface area contributed by atoms with Crippen LogP contribution in [0.15, 0.2) is 30.3 Å². The lowest BCUT2D eigenvalue weighted by Crippen LogP contribution is -2.45. The molecule has 1 heterocycles. The summed E-state index contributed by atoms with van der Waals surface area (Å²) in [5, 5.41) is 5.69. The summed E-state index contributed by atoms with van der Waals surface area (Å²) in [5.41, 5.74) is -0.340. The van der Waals surface area contributed by atoms with Crippen molar-refractivity contribution in [1.29, 1.82) is 0 Å². The minimum Gasteiger partial charge on any atom is -0.354 e. The van der Waals surface area contributed by atoms with E-state index in [1.165, 1.54) is 19.3 Å². The summed E-state index contributed by atoms with van der Waals surface area (Å²) in [6.45, 7) is 2.25. The smallest absolute Gasteiger partial charge is 0.325 e. The van der Waals surface area contributed by atoms with Gasteiger partial charge in [-0.2, -0.15) is 0 Å². The summed E-state index contributed by atoms with van der Waals surface area (Å²) in [5.74, 6) is -0.127. The number of rotatable bonds is 6. The SMILES string of the molecule is CCC1(c2ccccc2)NC(=O)N(CC(=O)NCC2CCCCC2)C1=O. The van der Waals surface area contributed by atoms with Gasteiger partial charge in [0, 0.05) is 6.54 Å². The zero-order valence-corrected chi connectivity index (χ0v) is 15.3. The van der Waals surface area contributed by atoms with Crippen LogP contribution in [0.4, 0.5) is 4.79 Å². The minimum absolute atomic E-state index is 0.230. The van der Waals surface area contributed by atoms with Crippen LogP contribution >= 0.6 is 0 Å². The van der Waals surface area contributed by atoms with Gasteiger partial charge in [-0.15, -0.1) is 0 Å². The number of urea groups is 1. The summed E-state index contributed by atoms with van der Waals surface area (Å²) in [6.07, 6.45) is 6.40. The van der Waals surface area contributed by atoms with E-state index in [2.05, 4.69) is 10.6 Å². The van der Waals surface area contributed by atoms with E-state index < -0.39 is 11.6 Å². The van der Waals surface area contributed by atoms with Crippen molar-refractivity contribution < 1.29 is 14.4 Å². The van der Waals surface area contributed by atoms with E-state index in [0.717, 1.165) is 23.3 Å². The number of nitrogens with zero attached hydrogens (tertiary/aromatic N) is 1. The van der Waals surface area contributed by atoms with Gasteiger partial charge in [0.05, 0.1) is 0 Å². The quantitative estimate of drug-likeness (QED) is 0.768. The Hall–Kier alpha value is -2.37. The van der Waals surface area contributed by atoms with E-state index >= 15 is 0 Å². The van der Waals surface area contributed by atoms with Crippen LogP contribution in [-0.2, 0) is 15.1 Å². The van der Waals surface area contributed by atoms with Crippen LogP contribution in [-0.4, -0.2) is 35.8 Å². The van der Waals surface area contributed by atoms with E-state index in [-0.39, 0.29) is 18.4 Å². The van der Waals surface area contributed by atoms with Gasteiger partial charge < -0.3 is 10.6 Å². The van der Waals surface area contributed by atoms with Crippen molar-refractivity contribution in [3.8, 4) is 0 Å². The van der Waals surface area contributed by atoms with Gasteiger partial charge in [-0.25, -0.2) is 4.79 Å². The molecule has 1 aromatic rings. The number of benzene rings is 1. The largest absolute Gasteiger partial charge is 0.354 e. The van der Waals surface area contributed by atoms with E-state index in [1.54, 1.807) is 0 Å². The number of amides is 4. The third-order valence-electron chi connectivity index (χ3n) is 5.59. The topological polar surface area (TPSA) is 78.5 Å². The molecular weight excluding hydrogens is 330 g/mol. The molecule has 2 fully saturated rings. The van der Waals surface area contributed by atoms with E-state index in [0.29, 0.717) is 18.9 Å².